The summed E-state index contributed by atoms with van der Waals surface area (Å²) in [7, 11) is -4.35. The number of rotatable bonds is 3. The molecule has 1 aromatic heterocycles. The predicted molar refractivity (Wildman–Crippen MR) is 101 cm³/mol. The quantitative estimate of drug-likeness (QED) is 0.578. The molecule has 1 aliphatic rings. The Morgan fingerprint density at radius 1 is 1.00 bits per heavy atom. The molecule has 29 heavy (non-hydrogen) atoms. The largest absolute Gasteiger partial charge is 0.416 e. The van der Waals surface area contributed by atoms with Gasteiger partial charge in [0.1, 0.15) is 0 Å². The highest BCUT2D eigenvalue weighted by atomic mass is 32.2. The molecule has 0 saturated heterocycles. The molecule has 0 amide bonds. The molecule has 0 aliphatic heterocycles. The van der Waals surface area contributed by atoms with E-state index in [0.717, 1.165) is 34.2 Å². The average molecular weight is 419 g/mol. The normalized spacial score (nSPS) is 14.0. The zero-order valence-corrected chi connectivity index (χ0v) is 15.9. The molecule has 3 aromatic rings. The third-order valence-electron chi connectivity index (χ3n) is 5.10. The zero-order chi connectivity index (χ0) is 20.8. The first kappa shape index (κ1) is 19.4. The van der Waals surface area contributed by atoms with Crippen molar-refractivity contribution in [3.8, 4) is 11.3 Å². The molecule has 1 aliphatic carbocycles. The van der Waals surface area contributed by atoms with Crippen molar-refractivity contribution in [1.29, 1.82) is 0 Å². The third-order valence-corrected chi connectivity index (χ3v) is 6.76. The highest BCUT2D eigenvalue weighted by Crippen LogP contribution is 2.38. The highest BCUT2D eigenvalue weighted by Gasteiger charge is 2.33. The van der Waals surface area contributed by atoms with Crippen LogP contribution < -0.4 is 0 Å². The Hall–Kier alpha value is -2.87. The SMILES string of the molecule is O=Cc1cn(S(=O)(=O)c2cccc(C(F)(F)F)c2)c2c1CCCc1ccccc1-2. The monoisotopic (exact) mass is 419 g/mol. The van der Waals surface area contributed by atoms with Gasteiger partial charge in [-0.05, 0) is 48.6 Å². The first-order valence-corrected chi connectivity index (χ1v) is 10.4. The number of carbonyl (C=O) groups excluding carboxylic acids is 1. The van der Waals surface area contributed by atoms with Gasteiger partial charge in [-0.15, -0.1) is 0 Å². The summed E-state index contributed by atoms with van der Waals surface area (Å²) in [5, 5.41) is 0. The van der Waals surface area contributed by atoms with Gasteiger partial charge in [0.05, 0.1) is 16.2 Å². The number of hydrogen-bond donors (Lipinski definition) is 0. The van der Waals surface area contributed by atoms with Gasteiger partial charge < -0.3 is 0 Å². The molecule has 150 valence electrons. The summed E-state index contributed by atoms with van der Waals surface area (Å²) in [6.07, 6.45) is -0.922. The third kappa shape index (κ3) is 3.27. The standard InChI is InChI=1S/C21H16F3NO3S/c22-21(23,24)16-7-4-8-17(11-16)29(27,28)25-12-15(13-26)19-10-3-6-14-5-1-2-9-18(14)20(19)25/h1-2,4-5,7-9,11-13H,3,6,10H2. The van der Waals surface area contributed by atoms with Gasteiger partial charge in [0.15, 0.2) is 6.29 Å². The second-order valence-electron chi connectivity index (χ2n) is 6.87. The van der Waals surface area contributed by atoms with E-state index in [4.69, 9.17) is 0 Å². The molecular weight excluding hydrogens is 403 g/mol. The second kappa shape index (κ2) is 6.88. The fraction of sp³-hybridized carbons (Fsp3) is 0.190. The second-order valence-corrected chi connectivity index (χ2v) is 8.68. The van der Waals surface area contributed by atoms with Crippen LogP contribution in [0.2, 0.25) is 0 Å². The van der Waals surface area contributed by atoms with Crippen LogP contribution in [0.1, 0.15) is 33.5 Å². The maximum atomic E-state index is 13.3. The molecule has 1 heterocycles. The molecule has 0 saturated carbocycles. The molecule has 0 bridgehead atoms. The van der Waals surface area contributed by atoms with E-state index in [2.05, 4.69) is 0 Å². The Balaban J connectivity index is 1.99. The van der Waals surface area contributed by atoms with Crippen LogP contribution in [-0.2, 0) is 29.0 Å². The van der Waals surface area contributed by atoms with Crippen molar-refractivity contribution in [1.82, 2.24) is 3.97 Å². The summed E-state index contributed by atoms with van der Waals surface area (Å²) in [5.41, 5.74) is 1.73. The Kier molecular flexibility index (Phi) is 4.61. The van der Waals surface area contributed by atoms with Crippen molar-refractivity contribution in [3.63, 3.8) is 0 Å². The van der Waals surface area contributed by atoms with E-state index in [1.165, 1.54) is 6.20 Å². The maximum Gasteiger partial charge on any atom is 0.416 e. The van der Waals surface area contributed by atoms with Crippen molar-refractivity contribution >= 4 is 16.3 Å². The molecule has 0 unspecified atom stereocenters. The maximum absolute atomic E-state index is 13.3. The fourth-order valence-electron chi connectivity index (χ4n) is 3.75. The van der Waals surface area contributed by atoms with Crippen LogP contribution in [-0.4, -0.2) is 18.7 Å². The van der Waals surface area contributed by atoms with Crippen molar-refractivity contribution < 1.29 is 26.4 Å². The number of halogens is 3. The molecule has 0 spiro atoms. The number of aryl methyl sites for hydroxylation is 1. The Bertz CT molecular complexity index is 1210. The van der Waals surface area contributed by atoms with Crippen LogP contribution in [0.3, 0.4) is 0 Å². The number of carbonyl (C=O) groups is 1. The number of alkyl halides is 3. The molecule has 2 aromatic carbocycles. The van der Waals surface area contributed by atoms with E-state index >= 15 is 0 Å². The first-order chi connectivity index (χ1) is 13.7. The van der Waals surface area contributed by atoms with E-state index in [1.807, 2.05) is 12.1 Å². The smallest absolute Gasteiger partial charge is 0.298 e. The molecule has 4 rings (SSSR count). The van der Waals surface area contributed by atoms with Gasteiger partial charge in [-0.1, -0.05) is 30.3 Å². The number of nitrogens with zero attached hydrogens (tertiary/aromatic N) is 1. The average Bonchev–Trinajstić information content (AvgIpc) is 2.96. The minimum Gasteiger partial charge on any atom is -0.298 e. The fourth-order valence-corrected chi connectivity index (χ4v) is 5.20. The summed E-state index contributed by atoms with van der Waals surface area (Å²) in [4.78, 5) is 11.1. The lowest BCUT2D eigenvalue weighted by Crippen LogP contribution is -2.15. The van der Waals surface area contributed by atoms with Gasteiger partial charge in [-0.3, -0.25) is 4.79 Å². The van der Waals surface area contributed by atoms with Gasteiger partial charge in [-0.25, -0.2) is 12.4 Å². The van der Waals surface area contributed by atoms with Crippen molar-refractivity contribution in [3.05, 3.63) is 77.0 Å². The Morgan fingerprint density at radius 2 is 1.76 bits per heavy atom. The topological polar surface area (TPSA) is 56.1 Å². The Morgan fingerprint density at radius 3 is 2.48 bits per heavy atom. The first-order valence-electron chi connectivity index (χ1n) is 8.94. The lowest BCUT2D eigenvalue weighted by molar-refractivity contribution is -0.137. The Labute approximate surface area is 165 Å². The molecule has 0 radical (unpaired) electrons. The molecule has 4 nitrogen and oxygen atoms in total. The summed E-state index contributed by atoms with van der Waals surface area (Å²) in [5.74, 6) is 0. The number of hydrogen-bond acceptors (Lipinski definition) is 3. The predicted octanol–water partition coefficient (Wildman–Crippen LogP) is 4.71. The van der Waals surface area contributed by atoms with Crippen LogP contribution in [0.5, 0.6) is 0 Å². The zero-order valence-electron chi connectivity index (χ0n) is 15.1. The molecule has 0 fully saturated rings. The van der Waals surface area contributed by atoms with Crippen LogP contribution in [0.25, 0.3) is 11.3 Å². The number of aldehydes is 1. The minimum atomic E-state index is -4.67. The number of fused-ring (bicyclic) bond motifs is 3. The van der Waals surface area contributed by atoms with E-state index in [-0.39, 0.29) is 5.56 Å². The highest BCUT2D eigenvalue weighted by molar-refractivity contribution is 7.90. The summed E-state index contributed by atoms with van der Waals surface area (Å²) in [6.45, 7) is 0. The molecule has 0 atom stereocenters. The van der Waals surface area contributed by atoms with E-state index in [9.17, 15) is 26.4 Å². The van der Waals surface area contributed by atoms with Gasteiger partial charge in [0, 0.05) is 17.3 Å². The number of aromatic nitrogens is 1. The van der Waals surface area contributed by atoms with Gasteiger partial charge in [0.25, 0.3) is 10.0 Å². The molecule has 0 N–H and O–H groups in total. The van der Waals surface area contributed by atoms with E-state index in [0.29, 0.717) is 42.0 Å². The van der Waals surface area contributed by atoms with Gasteiger partial charge in [0.2, 0.25) is 0 Å². The van der Waals surface area contributed by atoms with Crippen LogP contribution in [0.4, 0.5) is 13.2 Å². The summed E-state index contributed by atoms with van der Waals surface area (Å²) < 4.78 is 66.9. The lowest BCUT2D eigenvalue weighted by atomic mass is 10.0. The number of benzene rings is 2. The van der Waals surface area contributed by atoms with E-state index < -0.39 is 26.7 Å². The summed E-state index contributed by atoms with van der Waals surface area (Å²) >= 11 is 0. The minimum absolute atomic E-state index is 0.229. The van der Waals surface area contributed by atoms with Crippen molar-refractivity contribution in [2.75, 3.05) is 0 Å². The van der Waals surface area contributed by atoms with E-state index in [1.54, 1.807) is 12.1 Å². The van der Waals surface area contributed by atoms with Crippen LogP contribution in [0.15, 0.2) is 59.6 Å². The molecular formula is C21H16F3NO3S. The lowest BCUT2D eigenvalue weighted by Gasteiger charge is -2.14. The van der Waals surface area contributed by atoms with Gasteiger partial charge >= 0.3 is 6.18 Å². The summed E-state index contributed by atoms with van der Waals surface area (Å²) in [6, 6.07) is 10.9. The van der Waals surface area contributed by atoms with Gasteiger partial charge in [-0.2, -0.15) is 13.2 Å². The van der Waals surface area contributed by atoms with Crippen molar-refractivity contribution in [2.45, 2.75) is 30.3 Å². The van der Waals surface area contributed by atoms with Crippen LogP contribution >= 0.6 is 0 Å². The van der Waals surface area contributed by atoms with Crippen molar-refractivity contribution in [2.24, 2.45) is 0 Å². The molecule has 8 heteroatoms. The van der Waals surface area contributed by atoms with Crippen LogP contribution in [0, 0.1) is 0 Å².